The maximum absolute atomic E-state index is 12.0. The number of pyridine rings is 2. The second-order valence-electron chi connectivity index (χ2n) is 10.00. The van der Waals surface area contributed by atoms with E-state index >= 15 is 0 Å². The van der Waals surface area contributed by atoms with E-state index < -0.39 is 9.84 Å². The van der Waals surface area contributed by atoms with E-state index in [1.54, 1.807) is 12.1 Å². The highest BCUT2D eigenvalue weighted by Crippen LogP contribution is 2.33. The standard InChI is InChI=1S/C33H30N2O2S/c1-22(2)28-19-27-9-6-16-34-33(27)31(20-28)26-8-5-7-24(17-26)18-30(32-15-10-23(3)21-35-32)25-11-13-29(14-12-25)38(4,36)37/h5-22H,1-4H3/b30-18-. The number of hydrogen-bond acceptors (Lipinski definition) is 4. The van der Waals surface area contributed by atoms with Crippen LogP contribution in [0.1, 0.15) is 47.7 Å². The topological polar surface area (TPSA) is 59.9 Å². The molecule has 0 fully saturated rings. The van der Waals surface area contributed by atoms with Crippen molar-refractivity contribution in [3.05, 3.63) is 125 Å². The first-order valence-corrected chi connectivity index (χ1v) is 14.5. The Kier molecular flexibility index (Phi) is 6.96. The van der Waals surface area contributed by atoms with Crippen molar-refractivity contribution in [1.29, 1.82) is 0 Å². The first-order valence-electron chi connectivity index (χ1n) is 12.6. The Balaban J connectivity index is 1.66. The average Bonchev–Trinajstić information content (AvgIpc) is 2.91. The Morgan fingerprint density at radius 2 is 1.66 bits per heavy atom. The zero-order valence-corrected chi connectivity index (χ0v) is 22.8. The lowest BCUT2D eigenvalue weighted by molar-refractivity contribution is 0.602. The summed E-state index contributed by atoms with van der Waals surface area (Å²) in [5, 5.41) is 1.13. The number of fused-ring (bicyclic) bond motifs is 1. The van der Waals surface area contributed by atoms with Crippen LogP contribution in [-0.2, 0) is 9.84 Å². The first-order chi connectivity index (χ1) is 18.2. The van der Waals surface area contributed by atoms with E-state index in [-0.39, 0.29) is 0 Å². The summed E-state index contributed by atoms with van der Waals surface area (Å²) in [7, 11) is -3.28. The molecule has 0 aliphatic rings. The molecule has 3 aromatic carbocycles. The minimum absolute atomic E-state index is 0.295. The first kappa shape index (κ1) is 25.6. The summed E-state index contributed by atoms with van der Waals surface area (Å²) in [5.41, 5.74) is 9.18. The second-order valence-corrected chi connectivity index (χ2v) is 12.0. The zero-order valence-electron chi connectivity index (χ0n) is 22.0. The molecule has 190 valence electrons. The lowest BCUT2D eigenvalue weighted by Gasteiger charge is -2.13. The fourth-order valence-corrected chi connectivity index (χ4v) is 5.18. The van der Waals surface area contributed by atoms with Crippen LogP contribution in [0.3, 0.4) is 0 Å². The summed E-state index contributed by atoms with van der Waals surface area (Å²) < 4.78 is 24.0. The Labute approximate surface area is 224 Å². The van der Waals surface area contributed by atoms with Crippen molar-refractivity contribution < 1.29 is 8.42 Å². The molecule has 0 unspecified atom stereocenters. The molecule has 2 heterocycles. The van der Waals surface area contributed by atoms with E-state index in [1.165, 1.54) is 11.8 Å². The Hall–Kier alpha value is -4.09. The highest BCUT2D eigenvalue weighted by molar-refractivity contribution is 7.90. The van der Waals surface area contributed by atoms with Gasteiger partial charge in [-0.2, -0.15) is 0 Å². The number of hydrogen-bond donors (Lipinski definition) is 0. The summed E-state index contributed by atoms with van der Waals surface area (Å²) in [4.78, 5) is 9.68. The average molecular weight is 519 g/mol. The van der Waals surface area contributed by atoms with E-state index in [4.69, 9.17) is 4.98 Å². The van der Waals surface area contributed by atoms with Gasteiger partial charge in [0.05, 0.1) is 16.1 Å². The molecule has 2 aromatic heterocycles. The molecular weight excluding hydrogens is 488 g/mol. The van der Waals surface area contributed by atoms with Crippen LogP contribution in [0.2, 0.25) is 0 Å². The second kappa shape index (κ2) is 10.3. The molecule has 0 atom stereocenters. The molecule has 5 aromatic rings. The molecule has 5 heteroatoms. The smallest absolute Gasteiger partial charge is 0.175 e. The monoisotopic (exact) mass is 518 g/mol. The maximum Gasteiger partial charge on any atom is 0.175 e. The summed E-state index contributed by atoms with van der Waals surface area (Å²) in [5.74, 6) is 0.399. The summed E-state index contributed by atoms with van der Waals surface area (Å²) >= 11 is 0. The number of rotatable bonds is 6. The van der Waals surface area contributed by atoms with Crippen LogP contribution >= 0.6 is 0 Å². The number of benzene rings is 3. The molecule has 0 spiro atoms. The van der Waals surface area contributed by atoms with Crippen molar-refractivity contribution in [2.24, 2.45) is 0 Å². The predicted molar refractivity (Wildman–Crippen MR) is 157 cm³/mol. The molecule has 0 saturated heterocycles. The number of aromatic nitrogens is 2. The van der Waals surface area contributed by atoms with Gasteiger partial charge in [-0.25, -0.2) is 8.42 Å². The van der Waals surface area contributed by atoms with Crippen molar-refractivity contribution in [2.75, 3.05) is 6.26 Å². The van der Waals surface area contributed by atoms with Gasteiger partial charge in [0.25, 0.3) is 0 Å². The van der Waals surface area contributed by atoms with E-state index in [0.717, 1.165) is 50.0 Å². The summed E-state index contributed by atoms with van der Waals surface area (Å²) in [6.07, 6.45) is 7.02. The quantitative estimate of drug-likeness (QED) is 0.216. The molecule has 0 aliphatic carbocycles. The van der Waals surface area contributed by atoms with Crippen LogP contribution < -0.4 is 0 Å². The number of sulfone groups is 1. The summed E-state index contributed by atoms with van der Waals surface area (Å²) in [6, 6.07) is 28.0. The van der Waals surface area contributed by atoms with Gasteiger partial charge in [-0.3, -0.25) is 9.97 Å². The van der Waals surface area contributed by atoms with Crippen molar-refractivity contribution in [1.82, 2.24) is 9.97 Å². The molecule has 0 N–H and O–H groups in total. The molecule has 5 rings (SSSR count). The van der Waals surface area contributed by atoms with Crippen molar-refractivity contribution in [2.45, 2.75) is 31.6 Å². The van der Waals surface area contributed by atoms with Gasteiger partial charge in [0.15, 0.2) is 9.84 Å². The normalized spacial score (nSPS) is 12.3. The molecule has 38 heavy (non-hydrogen) atoms. The van der Waals surface area contributed by atoms with Gasteiger partial charge in [0, 0.05) is 35.2 Å². The molecule has 0 amide bonds. The fraction of sp³-hybridized carbons (Fsp3) is 0.152. The highest BCUT2D eigenvalue weighted by Gasteiger charge is 2.13. The zero-order chi connectivity index (χ0) is 26.9. The predicted octanol–water partition coefficient (Wildman–Crippen LogP) is 7.72. The number of aryl methyl sites for hydroxylation is 1. The van der Waals surface area contributed by atoms with Crippen molar-refractivity contribution >= 4 is 32.4 Å². The van der Waals surface area contributed by atoms with Crippen LogP contribution in [0.5, 0.6) is 0 Å². The minimum atomic E-state index is -3.28. The van der Waals surface area contributed by atoms with Crippen LogP contribution in [0.25, 0.3) is 33.7 Å². The maximum atomic E-state index is 12.0. The van der Waals surface area contributed by atoms with Crippen LogP contribution in [0.15, 0.2) is 102 Å². The molecule has 4 nitrogen and oxygen atoms in total. The largest absolute Gasteiger partial charge is 0.256 e. The minimum Gasteiger partial charge on any atom is -0.256 e. The molecule has 0 radical (unpaired) electrons. The van der Waals surface area contributed by atoms with Gasteiger partial charge in [0.1, 0.15) is 0 Å². The molecule has 0 saturated carbocycles. The SMILES string of the molecule is Cc1ccc(/C(=C\c2cccc(-c3cc(C(C)C)cc4cccnc34)c2)c2ccc(S(C)(=O)=O)cc2)nc1. The highest BCUT2D eigenvalue weighted by atomic mass is 32.2. The van der Waals surface area contributed by atoms with Gasteiger partial charge in [-0.1, -0.05) is 56.3 Å². The number of nitrogens with zero attached hydrogens (tertiary/aromatic N) is 2. The van der Waals surface area contributed by atoms with E-state index in [2.05, 4.69) is 67.4 Å². The van der Waals surface area contributed by atoms with Gasteiger partial charge >= 0.3 is 0 Å². The lowest BCUT2D eigenvalue weighted by Crippen LogP contribution is -1.98. The van der Waals surface area contributed by atoms with Crippen LogP contribution in [0.4, 0.5) is 0 Å². The Morgan fingerprint density at radius 3 is 2.34 bits per heavy atom. The van der Waals surface area contributed by atoms with Crippen LogP contribution in [-0.4, -0.2) is 24.6 Å². The molecule has 0 aliphatic heterocycles. The van der Waals surface area contributed by atoms with Crippen molar-refractivity contribution in [3.63, 3.8) is 0 Å². The van der Waals surface area contributed by atoms with Crippen molar-refractivity contribution in [3.8, 4) is 11.1 Å². The van der Waals surface area contributed by atoms with Gasteiger partial charge in [-0.15, -0.1) is 0 Å². The van der Waals surface area contributed by atoms with E-state index in [9.17, 15) is 8.42 Å². The Bertz CT molecular complexity index is 1750. The molecular formula is C33H30N2O2S. The third kappa shape index (κ3) is 5.43. The van der Waals surface area contributed by atoms with Crippen LogP contribution in [0, 0.1) is 6.92 Å². The summed E-state index contributed by atoms with van der Waals surface area (Å²) in [6.45, 7) is 6.42. The molecule has 0 bridgehead atoms. The van der Waals surface area contributed by atoms with Gasteiger partial charge < -0.3 is 0 Å². The van der Waals surface area contributed by atoms with E-state index in [1.807, 2.05) is 49.6 Å². The fourth-order valence-electron chi connectivity index (χ4n) is 4.55. The third-order valence-corrected chi connectivity index (χ3v) is 7.81. The third-order valence-electron chi connectivity index (χ3n) is 6.68. The van der Waals surface area contributed by atoms with Gasteiger partial charge in [0.2, 0.25) is 0 Å². The van der Waals surface area contributed by atoms with Gasteiger partial charge in [-0.05, 0) is 89.2 Å². The lowest BCUT2D eigenvalue weighted by atomic mass is 9.93. The van der Waals surface area contributed by atoms with E-state index in [0.29, 0.717) is 10.8 Å². The Morgan fingerprint density at radius 1 is 0.868 bits per heavy atom.